The molecule has 5 nitrogen and oxygen atoms in total. The summed E-state index contributed by atoms with van der Waals surface area (Å²) in [7, 11) is -2.03. The van der Waals surface area contributed by atoms with Crippen LogP contribution in [-0.2, 0) is 21.2 Å². The molecule has 0 N–H and O–H groups in total. The molecule has 5 aromatic carbocycles. The number of benzene rings is 5. The number of rotatable bonds is 14. The van der Waals surface area contributed by atoms with Crippen molar-refractivity contribution in [2.75, 3.05) is 39.0 Å². The Labute approximate surface area is 310 Å². The molecule has 284 valence electrons. The van der Waals surface area contributed by atoms with Gasteiger partial charge in [-0.05, 0) is 0 Å². The predicted octanol–water partition coefficient (Wildman–Crippen LogP) is 9.99. The molecule has 0 radical (unpaired) electrons. The van der Waals surface area contributed by atoms with Crippen molar-refractivity contribution in [3.63, 3.8) is 0 Å². The van der Waals surface area contributed by atoms with Crippen molar-refractivity contribution in [1.29, 1.82) is 0 Å². The summed E-state index contributed by atoms with van der Waals surface area (Å²) in [5.41, 5.74) is -2.48. The summed E-state index contributed by atoms with van der Waals surface area (Å²) in [6.07, 6.45) is -10.8. The van der Waals surface area contributed by atoms with Gasteiger partial charge in [-0.3, -0.25) is 0 Å². The standard InChI is InChI=1S/C40H39BF6O5P2/c1-53(2,35-21-13-7-14-22-35,28-37(48)30-17-9-5-10-18-30)51-41(50-34-26-32(39(42,43)44)25-33(27-34)40(45,46)47)52-54(3,4,36-23-15-8-16-24-36)29-38(49)31-19-11-6-12-20-31/h5-27H,28-29H2,1-4H3. The SMILES string of the molecule is CP(C)(CC(=O)c1ccccc1)(OB(Oc1cc(C(F)(F)F)cc(C(F)(F)F)c1)OP(C)(C)(CC(=O)c1ccccc1)c1ccccc1)c1ccccc1. The number of alkyl halides is 6. The molecule has 0 aromatic heterocycles. The number of carbonyl (C=O) groups excluding carboxylic acids is 2. The number of halogens is 6. The van der Waals surface area contributed by atoms with Crippen molar-refractivity contribution in [2.45, 2.75) is 12.4 Å². The van der Waals surface area contributed by atoms with Gasteiger partial charge in [-0.1, -0.05) is 0 Å². The van der Waals surface area contributed by atoms with Crippen LogP contribution in [0.3, 0.4) is 0 Å². The molecule has 14 heteroatoms. The molecule has 0 aliphatic heterocycles. The first kappa shape index (κ1) is 40.8. The van der Waals surface area contributed by atoms with E-state index in [0.29, 0.717) is 33.9 Å². The zero-order valence-corrected chi connectivity index (χ0v) is 31.8. The summed E-state index contributed by atoms with van der Waals surface area (Å²) in [6.45, 7) is -1.50. The monoisotopic (exact) mass is 786 g/mol. The topological polar surface area (TPSA) is 61.8 Å². The molecule has 0 aliphatic rings. The second-order valence-electron chi connectivity index (χ2n) is 14.5. The van der Waals surface area contributed by atoms with Crippen molar-refractivity contribution in [2.24, 2.45) is 0 Å². The Balaban J connectivity index is 1.71. The van der Waals surface area contributed by atoms with Crippen LogP contribution in [-0.4, -0.2) is 57.9 Å². The molecule has 0 heterocycles. The number of Topliss-reactive ketones (excluding diaryl/α,β-unsaturated/α-hetero) is 2. The zero-order chi connectivity index (χ0) is 39.5. The predicted molar refractivity (Wildman–Crippen MR) is 206 cm³/mol. The van der Waals surface area contributed by atoms with E-state index >= 15 is 0 Å². The third kappa shape index (κ3) is 9.66. The molecule has 0 unspecified atom stereocenters. The third-order valence-corrected chi connectivity index (χ3v) is 17.1. The van der Waals surface area contributed by atoms with E-state index in [1.54, 1.807) is 148 Å². The van der Waals surface area contributed by atoms with Crippen molar-refractivity contribution >= 4 is 43.2 Å². The number of hydrogen-bond acceptors (Lipinski definition) is 5. The zero-order valence-electron chi connectivity index (χ0n) is 30.0. The Kier molecular flexibility index (Phi) is 11.4. The molecule has 54 heavy (non-hydrogen) atoms. The van der Waals surface area contributed by atoms with Crippen molar-refractivity contribution in [3.05, 3.63) is 162 Å². The van der Waals surface area contributed by atoms with Crippen LogP contribution in [0.1, 0.15) is 31.8 Å². The van der Waals surface area contributed by atoms with Gasteiger partial charge >= 0.3 is 311 Å². The van der Waals surface area contributed by atoms with Crippen LogP contribution >= 0.6 is 13.7 Å². The van der Waals surface area contributed by atoms with Crippen molar-refractivity contribution in [1.82, 2.24) is 0 Å². The molecule has 5 rings (SSSR count). The average Bonchev–Trinajstić information content (AvgIpc) is 3.12. The molecule has 0 amide bonds. The first-order chi connectivity index (χ1) is 25.1. The van der Waals surface area contributed by atoms with E-state index in [1.807, 2.05) is 0 Å². The van der Waals surface area contributed by atoms with Crippen LogP contribution in [0.15, 0.2) is 140 Å². The number of carbonyl (C=O) groups is 2. The van der Waals surface area contributed by atoms with E-state index in [1.165, 1.54) is 0 Å². The first-order valence-corrected chi connectivity index (χ1v) is 23.2. The molecule has 0 saturated heterocycles. The number of ketones is 2. The minimum atomic E-state index is -5.17. The minimum absolute atomic E-state index is 0.00607. The van der Waals surface area contributed by atoms with Crippen LogP contribution < -0.4 is 15.3 Å². The van der Waals surface area contributed by atoms with Crippen LogP contribution in [0.4, 0.5) is 26.3 Å². The fourth-order valence-corrected chi connectivity index (χ4v) is 12.5. The molecular weight excluding hydrogens is 747 g/mol. The van der Waals surface area contributed by atoms with Gasteiger partial charge in [0.2, 0.25) is 0 Å². The Hall–Kier alpha value is -4.34. The maximum absolute atomic E-state index is 14.0. The van der Waals surface area contributed by atoms with Crippen LogP contribution in [0.25, 0.3) is 0 Å². The Morgan fingerprint density at radius 2 is 0.833 bits per heavy atom. The molecule has 0 atom stereocenters. The maximum atomic E-state index is 14.0. The second kappa shape index (κ2) is 15.1. The number of hydrogen-bond donors (Lipinski definition) is 0. The first-order valence-electron chi connectivity index (χ1n) is 16.8. The van der Waals surface area contributed by atoms with Gasteiger partial charge in [-0.2, -0.15) is 0 Å². The fraction of sp³-hybridized carbons (Fsp3) is 0.200. The van der Waals surface area contributed by atoms with Gasteiger partial charge in [-0.15, -0.1) is 0 Å². The molecular formula is C40H39BF6O5P2. The van der Waals surface area contributed by atoms with Gasteiger partial charge in [0.25, 0.3) is 0 Å². The molecule has 0 bridgehead atoms. The summed E-state index contributed by atoms with van der Waals surface area (Å²) >= 11 is 0. The van der Waals surface area contributed by atoms with Gasteiger partial charge in [0, 0.05) is 0 Å². The summed E-state index contributed by atoms with van der Waals surface area (Å²) in [5, 5.41) is 1.11. The van der Waals surface area contributed by atoms with E-state index in [-0.39, 0.29) is 30.0 Å². The average molecular weight is 786 g/mol. The van der Waals surface area contributed by atoms with E-state index in [9.17, 15) is 35.9 Å². The van der Waals surface area contributed by atoms with Crippen LogP contribution in [0.5, 0.6) is 5.75 Å². The second-order valence-corrected chi connectivity index (χ2v) is 25.6. The van der Waals surface area contributed by atoms with E-state index in [4.69, 9.17) is 13.5 Å². The molecule has 0 saturated carbocycles. The summed E-state index contributed by atoms with van der Waals surface area (Å²) in [4.78, 5) is 27.9. The molecule has 0 aliphatic carbocycles. The summed E-state index contributed by atoms with van der Waals surface area (Å²) < 4.78 is 104. The van der Waals surface area contributed by atoms with Crippen molar-refractivity contribution in [3.8, 4) is 5.75 Å². The van der Waals surface area contributed by atoms with Gasteiger partial charge in [0.1, 0.15) is 0 Å². The normalized spacial score (nSPS) is 13.9. The van der Waals surface area contributed by atoms with E-state index in [2.05, 4.69) is 0 Å². The quantitative estimate of drug-likeness (QED) is 0.0486. The third-order valence-electron chi connectivity index (χ3n) is 9.16. The van der Waals surface area contributed by atoms with Crippen molar-refractivity contribution < 1.29 is 49.5 Å². The van der Waals surface area contributed by atoms with Gasteiger partial charge in [0.15, 0.2) is 0 Å². The Bertz CT molecular complexity index is 1950. The Morgan fingerprint density at radius 3 is 1.15 bits per heavy atom. The summed E-state index contributed by atoms with van der Waals surface area (Å²) in [6, 6.07) is 35.0. The van der Waals surface area contributed by atoms with Crippen LogP contribution in [0, 0.1) is 0 Å². The molecule has 0 spiro atoms. The summed E-state index contributed by atoms with van der Waals surface area (Å²) in [5.74, 6) is -1.50. The Morgan fingerprint density at radius 1 is 0.519 bits per heavy atom. The van der Waals surface area contributed by atoms with Gasteiger partial charge < -0.3 is 0 Å². The van der Waals surface area contributed by atoms with E-state index in [0.717, 1.165) is 0 Å². The van der Waals surface area contributed by atoms with Gasteiger partial charge in [0.05, 0.1) is 0 Å². The fourth-order valence-electron chi connectivity index (χ4n) is 6.15. The van der Waals surface area contributed by atoms with E-state index < -0.39 is 50.2 Å². The van der Waals surface area contributed by atoms with Gasteiger partial charge in [-0.25, -0.2) is 0 Å². The molecule has 5 aromatic rings. The van der Waals surface area contributed by atoms with Crippen LogP contribution in [0.2, 0.25) is 0 Å². The molecule has 0 fully saturated rings.